The highest BCUT2D eigenvalue weighted by molar-refractivity contribution is 7.98. The van der Waals surface area contributed by atoms with Crippen LogP contribution in [-0.4, -0.2) is 58.7 Å². The molecule has 0 amide bonds. The van der Waals surface area contributed by atoms with Crippen molar-refractivity contribution < 1.29 is 13.2 Å². The molecule has 168 valence electrons. The van der Waals surface area contributed by atoms with Crippen molar-refractivity contribution in [1.29, 1.82) is 0 Å². The van der Waals surface area contributed by atoms with Crippen LogP contribution in [0.5, 0.6) is 5.75 Å². The number of fused-ring (bicyclic) bond motifs is 1. The first-order valence-electron chi connectivity index (χ1n) is 9.94. The summed E-state index contributed by atoms with van der Waals surface area (Å²) in [5, 5.41) is 7.88. The fourth-order valence-electron chi connectivity index (χ4n) is 3.31. The number of sulfonamides is 1. The molecule has 0 atom stereocenters. The van der Waals surface area contributed by atoms with Crippen LogP contribution in [0.4, 0.5) is 0 Å². The van der Waals surface area contributed by atoms with E-state index in [1.807, 2.05) is 37.3 Å². The molecular formula is C21H24N6O3S2. The van der Waals surface area contributed by atoms with E-state index in [0.29, 0.717) is 22.3 Å². The summed E-state index contributed by atoms with van der Waals surface area (Å²) in [5.41, 5.74) is 2.47. The van der Waals surface area contributed by atoms with Crippen LogP contribution in [0.2, 0.25) is 0 Å². The highest BCUT2D eigenvalue weighted by atomic mass is 32.2. The summed E-state index contributed by atoms with van der Waals surface area (Å²) < 4.78 is 33.4. The van der Waals surface area contributed by atoms with E-state index in [9.17, 15) is 8.42 Å². The van der Waals surface area contributed by atoms with Crippen LogP contribution in [0.15, 0.2) is 52.5 Å². The third kappa shape index (κ3) is 4.23. The molecule has 0 aliphatic rings. The summed E-state index contributed by atoms with van der Waals surface area (Å²) in [6.45, 7) is 2.76. The average Bonchev–Trinajstić information content (AvgIpc) is 3.41. The van der Waals surface area contributed by atoms with Crippen LogP contribution >= 0.6 is 11.8 Å². The Morgan fingerprint density at radius 3 is 2.53 bits per heavy atom. The van der Waals surface area contributed by atoms with Gasteiger partial charge in [0.15, 0.2) is 5.82 Å². The number of ether oxygens (including phenoxy) is 1. The monoisotopic (exact) mass is 472 g/mol. The third-order valence-electron chi connectivity index (χ3n) is 5.05. The van der Waals surface area contributed by atoms with Crippen molar-refractivity contribution in [1.82, 2.24) is 29.0 Å². The normalized spacial score (nSPS) is 12.0. The molecule has 0 saturated heterocycles. The molecule has 4 rings (SSSR count). The number of benzene rings is 2. The number of hydrogen-bond donors (Lipinski definition) is 1. The number of aryl methyl sites for hydroxylation is 1. The Kier molecular flexibility index (Phi) is 6.22. The lowest BCUT2D eigenvalue weighted by Gasteiger charge is -2.11. The Hall–Kier alpha value is -2.89. The van der Waals surface area contributed by atoms with Gasteiger partial charge in [-0.25, -0.2) is 22.7 Å². The quantitative estimate of drug-likeness (QED) is 0.392. The minimum Gasteiger partial charge on any atom is -0.497 e. The van der Waals surface area contributed by atoms with Gasteiger partial charge in [0, 0.05) is 26.2 Å². The largest absolute Gasteiger partial charge is 0.497 e. The Labute approximate surface area is 190 Å². The molecule has 32 heavy (non-hydrogen) atoms. The number of nitrogens with one attached hydrogen (secondary N) is 1. The molecule has 0 fully saturated rings. The zero-order chi connectivity index (χ0) is 22.9. The Balaban J connectivity index is 1.56. The highest BCUT2D eigenvalue weighted by Crippen LogP contribution is 2.27. The van der Waals surface area contributed by atoms with Crippen molar-refractivity contribution in [2.45, 2.75) is 29.3 Å². The van der Waals surface area contributed by atoms with Gasteiger partial charge in [-0.2, -0.15) is 0 Å². The fraction of sp³-hybridized carbons (Fsp3) is 0.286. The third-order valence-corrected chi connectivity index (χ3v) is 7.71. The maximum absolute atomic E-state index is 12.5. The number of aromatic amines is 1. The summed E-state index contributed by atoms with van der Waals surface area (Å²) in [6, 6.07) is 12.6. The first kappa shape index (κ1) is 22.3. The molecule has 9 nitrogen and oxygen atoms in total. The standard InChI is InChI=1S/C21H24N6O3S2/c1-5-27-18-11-10-16(32(28,29)26(2)3)12-17(18)22-19(27)13-31-21-23-20(24-25-21)14-6-8-15(30-4)9-7-14/h6-12H,5,13H2,1-4H3,(H,23,24,25). The first-order chi connectivity index (χ1) is 15.3. The number of aromatic nitrogens is 5. The van der Waals surface area contributed by atoms with Crippen molar-refractivity contribution in [2.24, 2.45) is 0 Å². The van der Waals surface area contributed by atoms with Gasteiger partial charge in [-0.15, -0.1) is 5.10 Å². The second kappa shape index (κ2) is 8.93. The van der Waals surface area contributed by atoms with Gasteiger partial charge in [-0.3, -0.25) is 5.10 Å². The lowest BCUT2D eigenvalue weighted by atomic mass is 10.2. The van der Waals surface area contributed by atoms with E-state index in [-0.39, 0.29) is 4.90 Å². The lowest BCUT2D eigenvalue weighted by Crippen LogP contribution is -2.22. The van der Waals surface area contributed by atoms with E-state index < -0.39 is 10.0 Å². The van der Waals surface area contributed by atoms with Crippen LogP contribution in [0.3, 0.4) is 0 Å². The van der Waals surface area contributed by atoms with E-state index >= 15 is 0 Å². The number of nitrogens with zero attached hydrogens (tertiary/aromatic N) is 5. The molecule has 1 N–H and O–H groups in total. The average molecular weight is 473 g/mol. The zero-order valence-electron chi connectivity index (χ0n) is 18.2. The van der Waals surface area contributed by atoms with Gasteiger partial charge in [-0.05, 0) is 49.4 Å². The highest BCUT2D eigenvalue weighted by Gasteiger charge is 2.20. The van der Waals surface area contributed by atoms with Crippen LogP contribution < -0.4 is 4.74 Å². The van der Waals surface area contributed by atoms with Crippen LogP contribution in [0.1, 0.15) is 12.7 Å². The summed E-state index contributed by atoms with van der Waals surface area (Å²) in [7, 11) is 1.15. The maximum Gasteiger partial charge on any atom is 0.242 e. The first-order valence-corrected chi connectivity index (χ1v) is 12.4. The maximum atomic E-state index is 12.5. The summed E-state index contributed by atoms with van der Waals surface area (Å²) in [4.78, 5) is 9.49. The van der Waals surface area contributed by atoms with E-state index in [1.165, 1.54) is 30.2 Å². The molecule has 0 saturated carbocycles. The van der Waals surface area contributed by atoms with Crippen molar-refractivity contribution >= 4 is 32.8 Å². The van der Waals surface area contributed by atoms with E-state index in [0.717, 1.165) is 29.2 Å². The second-order valence-corrected chi connectivity index (χ2v) is 10.3. The Bertz CT molecular complexity index is 1340. The molecule has 4 aromatic rings. The number of rotatable bonds is 8. The van der Waals surface area contributed by atoms with Gasteiger partial charge in [0.1, 0.15) is 11.6 Å². The molecule has 0 aliphatic heterocycles. The number of methoxy groups -OCH3 is 1. The van der Waals surface area contributed by atoms with Crippen molar-refractivity contribution in [3.63, 3.8) is 0 Å². The summed E-state index contributed by atoms with van der Waals surface area (Å²) >= 11 is 1.47. The minimum atomic E-state index is -3.52. The van der Waals surface area contributed by atoms with Gasteiger partial charge >= 0.3 is 0 Å². The van der Waals surface area contributed by atoms with Crippen molar-refractivity contribution in [3.05, 3.63) is 48.3 Å². The van der Waals surface area contributed by atoms with E-state index in [1.54, 1.807) is 19.2 Å². The fourth-order valence-corrected chi connectivity index (χ4v) is 4.98. The molecule has 11 heteroatoms. The Morgan fingerprint density at radius 1 is 1.12 bits per heavy atom. The van der Waals surface area contributed by atoms with Gasteiger partial charge in [0.2, 0.25) is 15.2 Å². The molecule has 0 spiro atoms. The number of thioether (sulfide) groups is 1. The number of H-pyrrole nitrogens is 1. The lowest BCUT2D eigenvalue weighted by molar-refractivity contribution is 0.415. The number of hydrogen-bond acceptors (Lipinski definition) is 7. The van der Waals surface area contributed by atoms with Crippen molar-refractivity contribution in [3.8, 4) is 17.1 Å². The molecule has 0 radical (unpaired) electrons. The number of imidazole rings is 1. The van der Waals surface area contributed by atoms with Gasteiger partial charge in [0.25, 0.3) is 0 Å². The smallest absolute Gasteiger partial charge is 0.242 e. The van der Waals surface area contributed by atoms with Gasteiger partial charge in [-0.1, -0.05) is 11.8 Å². The SMILES string of the molecule is CCn1c(CSc2n[nH]c(-c3ccc(OC)cc3)n2)nc2cc(S(=O)(=O)N(C)C)ccc21. The van der Waals surface area contributed by atoms with Gasteiger partial charge < -0.3 is 9.30 Å². The predicted molar refractivity (Wildman–Crippen MR) is 124 cm³/mol. The van der Waals surface area contributed by atoms with Crippen LogP contribution in [0, 0.1) is 0 Å². The van der Waals surface area contributed by atoms with E-state index in [2.05, 4.69) is 19.7 Å². The predicted octanol–water partition coefficient (Wildman–Crippen LogP) is 3.39. The van der Waals surface area contributed by atoms with Crippen LogP contribution in [-0.2, 0) is 22.3 Å². The zero-order valence-corrected chi connectivity index (χ0v) is 19.9. The molecule has 2 heterocycles. The second-order valence-electron chi connectivity index (χ2n) is 7.19. The Morgan fingerprint density at radius 2 is 1.88 bits per heavy atom. The molecule has 0 aliphatic carbocycles. The molecule has 0 bridgehead atoms. The van der Waals surface area contributed by atoms with Crippen molar-refractivity contribution in [2.75, 3.05) is 21.2 Å². The van der Waals surface area contributed by atoms with Gasteiger partial charge in [0.05, 0.1) is 28.8 Å². The molecular weight excluding hydrogens is 448 g/mol. The molecule has 0 unspecified atom stereocenters. The summed E-state index contributed by atoms with van der Waals surface area (Å²) in [6.07, 6.45) is 0. The molecule has 2 aromatic heterocycles. The topological polar surface area (TPSA) is 106 Å². The van der Waals surface area contributed by atoms with E-state index in [4.69, 9.17) is 9.72 Å². The minimum absolute atomic E-state index is 0.230. The van der Waals surface area contributed by atoms with Crippen LogP contribution in [0.25, 0.3) is 22.4 Å². The molecule has 2 aromatic carbocycles. The summed E-state index contributed by atoms with van der Waals surface area (Å²) in [5.74, 6) is 2.85.